The Bertz CT molecular complexity index is 649. The second-order valence-corrected chi connectivity index (χ2v) is 6.30. The van der Waals surface area contributed by atoms with Gasteiger partial charge in [0, 0.05) is 15.8 Å². The van der Waals surface area contributed by atoms with Gasteiger partial charge in [-0.05, 0) is 36.8 Å². The summed E-state index contributed by atoms with van der Waals surface area (Å²) in [6.07, 6.45) is 1.95. The molecule has 1 aromatic heterocycles. The molecule has 1 aromatic carbocycles. The number of hydrogen-bond donors (Lipinski definition) is 1. The van der Waals surface area contributed by atoms with Gasteiger partial charge in [-0.25, -0.2) is 0 Å². The molecule has 3 rings (SSSR count). The normalized spacial score (nSPS) is 18.4. The zero-order chi connectivity index (χ0) is 14.8. The Labute approximate surface area is 128 Å². The topological polar surface area (TPSA) is 47.7 Å². The molecule has 0 fully saturated rings. The van der Waals surface area contributed by atoms with E-state index in [-0.39, 0.29) is 6.04 Å². The summed E-state index contributed by atoms with van der Waals surface area (Å²) < 4.78 is 5.18. The van der Waals surface area contributed by atoms with Crippen molar-refractivity contribution in [3.63, 3.8) is 0 Å². The van der Waals surface area contributed by atoms with Crippen LogP contribution in [0.1, 0.15) is 21.4 Å². The van der Waals surface area contributed by atoms with Crippen LogP contribution < -0.4 is 10.5 Å². The molecule has 4 nitrogen and oxygen atoms in total. The quantitative estimate of drug-likeness (QED) is 0.941. The lowest BCUT2D eigenvalue weighted by Gasteiger charge is -2.21. The number of nitrogens with two attached hydrogens (primary N) is 1. The lowest BCUT2D eigenvalue weighted by atomic mass is 10.2. The second kappa shape index (κ2) is 5.79. The van der Waals surface area contributed by atoms with E-state index in [0.717, 1.165) is 11.3 Å². The Morgan fingerprint density at radius 1 is 1.24 bits per heavy atom. The van der Waals surface area contributed by atoms with E-state index in [1.54, 1.807) is 18.4 Å². The number of aryl methyl sites for hydroxylation is 1. The molecule has 2 N–H and O–H groups in total. The van der Waals surface area contributed by atoms with Crippen LogP contribution in [-0.2, 0) is 11.4 Å². The summed E-state index contributed by atoms with van der Waals surface area (Å²) in [5, 5.41) is 1.91. The van der Waals surface area contributed by atoms with E-state index >= 15 is 0 Å². The molecule has 1 aliphatic rings. The van der Waals surface area contributed by atoms with E-state index in [1.165, 1.54) is 9.75 Å². The predicted molar refractivity (Wildman–Crippen MR) is 83.7 cm³/mol. The first kappa shape index (κ1) is 14.0. The summed E-state index contributed by atoms with van der Waals surface area (Å²) in [5.41, 5.74) is 6.99. The molecule has 0 saturated carbocycles. The SMILES string of the molecule is COc1ccc(CN2OC(N)=CC2c2ccc(C)s2)cc1. The van der Waals surface area contributed by atoms with Crippen molar-refractivity contribution < 1.29 is 9.57 Å². The lowest BCUT2D eigenvalue weighted by molar-refractivity contribution is -0.127. The molecular formula is C16H18N2O2S. The molecule has 0 spiro atoms. The maximum atomic E-state index is 5.84. The molecule has 2 heterocycles. The summed E-state index contributed by atoms with van der Waals surface area (Å²) in [4.78, 5) is 8.17. The maximum Gasteiger partial charge on any atom is 0.207 e. The van der Waals surface area contributed by atoms with Gasteiger partial charge < -0.3 is 15.3 Å². The first-order valence-corrected chi connectivity index (χ1v) is 7.58. The zero-order valence-electron chi connectivity index (χ0n) is 12.1. The summed E-state index contributed by atoms with van der Waals surface area (Å²) in [6, 6.07) is 12.3. The van der Waals surface area contributed by atoms with Gasteiger partial charge in [0.1, 0.15) is 11.8 Å². The van der Waals surface area contributed by atoms with Crippen LogP contribution in [-0.4, -0.2) is 12.2 Å². The fraction of sp³-hybridized carbons (Fsp3) is 0.250. The smallest absolute Gasteiger partial charge is 0.207 e. The highest BCUT2D eigenvalue weighted by Crippen LogP contribution is 2.35. The highest BCUT2D eigenvalue weighted by molar-refractivity contribution is 7.12. The minimum atomic E-state index is 0.0748. The summed E-state index contributed by atoms with van der Waals surface area (Å²) in [6.45, 7) is 2.77. The standard InChI is InChI=1S/C16H18N2O2S/c1-11-3-8-15(21-11)14-9-16(17)20-18(14)10-12-4-6-13(19-2)7-5-12/h3-9,14H,10,17H2,1-2H3. The van der Waals surface area contributed by atoms with Gasteiger partial charge in [0.05, 0.1) is 13.7 Å². The fourth-order valence-electron chi connectivity index (χ4n) is 2.34. The molecule has 21 heavy (non-hydrogen) atoms. The average Bonchev–Trinajstić information content (AvgIpc) is 3.06. The van der Waals surface area contributed by atoms with Crippen molar-refractivity contribution in [2.24, 2.45) is 5.73 Å². The largest absolute Gasteiger partial charge is 0.497 e. The molecule has 5 heteroatoms. The molecule has 1 aliphatic heterocycles. The Hall–Kier alpha value is -1.98. The Morgan fingerprint density at radius 2 is 2.00 bits per heavy atom. The molecule has 1 atom stereocenters. The van der Waals surface area contributed by atoms with E-state index in [0.29, 0.717) is 12.4 Å². The van der Waals surface area contributed by atoms with Crippen LogP contribution in [0.25, 0.3) is 0 Å². The zero-order valence-corrected chi connectivity index (χ0v) is 12.9. The van der Waals surface area contributed by atoms with Crippen molar-refractivity contribution in [2.45, 2.75) is 19.5 Å². The van der Waals surface area contributed by atoms with E-state index < -0.39 is 0 Å². The molecule has 0 saturated heterocycles. The molecule has 0 amide bonds. The Balaban J connectivity index is 1.77. The molecule has 0 bridgehead atoms. The number of rotatable bonds is 4. The Kier molecular flexibility index (Phi) is 3.86. The van der Waals surface area contributed by atoms with Crippen molar-refractivity contribution in [1.82, 2.24) is 5.06 Å². The molecule has 0 radical (unpaired) electrons. The van der Waals surface area contributed by atoms with Crippen molar-refractivity contribution in [2.75, 3.05) is 7.11 Å². The van der Waals surface area contributed by atoms with Gasteiger partial charge in [-0.1, -0.05) is 12.1 Å². The van der Waals surface area contributed by atoms with Crippen molar-refractivity contribution in [3.8, 4) is 5.75 Å². The predicted octanol–water partition coefficient (Wildman–Crippen LogP) is 3.35. The number of ether oxygens (including phenoxy) is 1. The number of benzene rings is 1. The fourth-order valence-corrected chi connectivity index (χ4v) is 3.29. The van der Waals surface area contributed by atoms with Gasteiger partial charge in [0.25, 0.3) is 0 Å². The minimum Gasteiger partial charge on any atom is -0.497 e. The van der Waals surface area contributed by atoms with Gasteiger partial charge in [-0.3, -0.25) is 0 Å². The first-order chi connectivity index (χ1) is 10.2. The Morgan fingerprint density at radius 3 is 2.62 bits per heavy atom. The third kappa shape index (κ3) is 3.04. The van der Waals surface area contributed by atoms with Gasteiger partial charge in [0.15, 0.2) is 0 Å². The highest BCUT2D eigenvalue weighted by atomic mass is 32.1. The third-order valence-electron chi connectivity index (χ3n) is 3.41. The van der Waals surface area contributed by atoms with Gasteiger partial charge in [-0.15, -0.1) is 16.4 Å². The molecule has 2 aromatic rings. The minimum absolute atomic E-state index is 0.0748. The first-order valence-electron chi connectivity index (χ1n) is 6.77. The maximum absolute atomic E-state index is 5.84. The number of hydrogen-bond acceptors (Lipinski definition) is 5. The van der Waals surface area contributed by atoms with Crippen molar-refractivity contribution in [1.29, 1.82) is 0 Å². The molecule has 1 unspecified atom stereocenters. The van der Waals surface area contributed by atoms with Crippen LogP contribution in [0.4, 0.5) is 0 Å². The van der Waals surface area contributed by atoms with Crippen LogP contribution >= 0.6 is 11.3 Å². The van der Waals surface area contributed by atoms with Crippen LogP contribution in [0.3, 0.4) is 0 Å². The van der Waals surface area contributed by atoms with Crippen LogP contribution in [0.2, 0.25) is 0 Å². The van der Waals surface area contributed by atoms with Crippen molar-refractivity contribution in [3.05, 3.63) is 63.7 Å². The van der Waals surface area contributed by atoms with Crippen LogP contribution in [0.5, 0.6) is 5.75 Å². The molecule has 110 valence electrons. The number of nitrogens with zero attached hydrogens (tertiary/aromatic N) is 1. The summed E-state index contributed by atoms with van der Waals surface area (Å²) >= 11 is 1.77. The monoisotopic (exact) mass is 302 g/mol. The van der Waals surface area contributed by atoms with Gasteiger partial charge in [0.2, 0.25) is 5.88 Å². The van der Waals surface area contributed by atoms with Crippen LogP contribution in [0.15, 0.2) is 48.4 Å². The molecular weight excluding hydrogens is 284 g/mol. The number of hydroxylamine groups is 2. The second-order valence-electron chi connectivity index (χ2n) is 4.98. The average molecular weight is 302 g/mol. The van der Waals surface area contributed by atoms with Crippen LogP contribution in [0, 0.1) is 6.92 Å². The van der Waals surface area contributed by atoms with Gasteiger partial charge >= 0.3 is 0 Å². The van der Waals surface area contributed by atoms with Gasteiger partial charge in [-0.2, -0.15) is 0 Å². The number of thiophene rings is 1. The van der Waals surface area contributed by atoms with E-state index in [1.807, 2.05) is 35.4 Å². The van der Waals surface area contributed by atoms with E-state index in [2.05, 4.69) is 19.1 Å². The van der Waals surface area contributed by atoms with E-state index in [4.69, 9.17) is 15.3 Å². The summed E-state index contributed by atoms with van der Waals surface area (Å²) in [5.74, 6) is 1.31. The van der Waals surface area contributed by atoms with Crippen molar-refractivity contribution >= 4 is 11.3 Å². The summed E-state index contributed by atoms with van der Waals surface area (Å²) in [7, 11) is 1.67. The van der Waals surface area contributed by atoms with E-state index in [9.17, 15) is 0 Å². The number of methoxy groups -OCH3 is 1. The third-order valence-corrected chi connectivity index (χ3v) is 4.48. The molecule has 0 aliphatic carbocycles. The highest BCUT2D eigenvalue weighted by Gasteiger charge is 2.28. The lowest BCUT2D eigenvalue weighted by Crippen LogP contribution is -2.22.